The molecule has 1 fully saturated rings. The van der Waals surface area contributed by atoms with Crippen molar-refractivity contribution in [3.05, 3.63) is 61.2 Å². The number of benzene rings is 2. The minimum atomic E-state index is -5.08. The highest BCUT2D eigenvalue weighted by Crippen LogP contribution is 2.40. The van der Waals surface area contributed by atoms with E-state index in [4.69, 9.17) is 34.9 Å². The Bertz CT molecular complexity index is 2160. The van der Waals surface area contributed by atoms with Gasteiger partial charge in [-0.25, -0.2) is 19.6 Å². The van der Waals surface area contributed by atoms with Crippen molar-refractivity contribution in [2.24, 2.45) is 0 Å². The van der Waals surface area contributed by atoms with E-state index in [9.17, 15) is 31.4 Å². The molecule has 1 aliphatic rings. The molecule has 0 amide bonds. The van der Waals surface area contributed by atoms with Crippen LogP contribution in [-0.4, -0.2) is 82.6 Å². The van der Waals surface area contributed by atoms with Crippen LogP contribution < -0.4 is 11.1 Å². The van der Waals surface area contributed by atoms with E-state index in [0.717, 1.165) is 53.5 Å². The van der Waals surface area contributed by atoms with Crippen molar-refractivity contribution < 1.29 is 55.7 Å². The van der Waals surface area contributed by atoms with Crippen LogP contribution in [0.15, 0.2) is 65.6 Å². The summed E-state index contributed by atoms with van der Waals surface area (Å²) in [5.41, 5.74) is 12.0. The molecule has 14 nitrogen and oxygen atoms in total. The molecular formula is C31H26F6N8O6. The van der Waals surface area contributed by atoms with Crippen molar-refractivity contribution in [2.75, 3.05) is 18.8 Å². The molecule has 0 spiro atoms. The van der Waals surface area contributed by atoms with Gasteiger partial charge in [0.2, 0.25) is 5.89 Å². The van der Waals surface area contributed by atoms with Crippen molar-refractivity contribution >= 4 is 39.8 Å². The van der Waals surface area contributed by atoms with Crippen LogP contribution in [-0.2, 0) is 9.59 Å². The number of nitrogen functional groups attached to an aromatic ring is 1. The Balaban J connectivity index is 0.000000307. The zero-order valence-corrected chi connectivity index (χ0v) is 25.8. The van der Waals surface area contributed by atoms with Gasteiger partial charge in [-0.2, -0.15) is 36.5 Å². The van der Waals surface area contributed by atoms with Crippen molar-refractivity contribution in [1.82, 2.24) is 35.3 Å². The minimum Gasteiger partial charge on any atom is -0.507 e. The van der Waals surface area contributed by atoms with Gasteiger partial charge in [-0.1, -0.05) is 12.1 Å². The number of aromatic amines is 1. The SMILES string of the molecule is Nc1ncc(-c2cnn(C3CCNCC3)c2)cc1-c1nc2ccc(O)c(-c3ccc4cn[nH]c4c3)c2o1.O=C(O)C(F)(F)F.O=C(O)C(F)(F)F. The van der Waals surface area contributed by atoms with Crippen LogP contribution in [0.2, 0.25) is 0 Å². The topological polar surface area (TPSA) is 218 Å². The lowest BCUT2D eigenvalue weighted by Crippen LogP contribution is -2.29. The summed E-state index contributed by atoms with van der Waals surface area (Å²) >= 11 is 0. The van der Waals surface area contributed by atoms with Crippen LogP contribution >= 0.6 is 0 Å². The molecule has 0 atom stereocenters. The molecule has 0 aliphatic carbocycles. The Hall–Kier alpha value is -6.18. The van der Waals surface area contributed by atoms with Gasteiger partial charge in [-0.15, -0.1) is 0 Å². The van der Waals surface area contributed by atoms with Gasteiger partial charge in [0, 0.05) is 28.9 Å². The number of anilines is 1. The fourth-order valence-electron chi connectivity index (χ4n) is 5.03. The number of phenolic OH excluding ortho intramolecular Hbond substituents is 1. The monoisotopic (exact) mass is 720 g/mol. The average molecular weight is 721 g/mol. The highest BCUT2D eigenvalue weighted by Gasteiger charge is 2.39. The molecule has 2 aromatic carbocycles. The quantitative estimate of drug-likeness (QED) is 0.120. The Labute approximate surface area is 281 Å². The molecule has 0 bridgehead atoms. The molecule has 5 heterocycles. The molecule has 268 valence electrons. The number of pyridine rings is 1. The molecule has 51 heavy (non-hydrogen) atoms. The number of hydrogen-bond acceptors (Lipinski definition) is 10. The molecule has 1 aliphatic heterocycles. The Morgan fingerprint density at radius 3 is 2.22 bits per heavy atom. The number of aromatic nitrogens is 6. The van der Waals surface area contributed by atoms with Gasteiger partial charge < -0.3 is 30.8 Å². The number of halogens is 6. The number of phenols is 1. The summed E-state index contributed by atoms with van der Waals surface area (Å²) in [4.78, 5) is 26.9. The molecule has 20 heteroatoms. The standard InChI is InChI=1S/C27H24N8O2.2C2HF3O2/c28-26-20(9-17(11-30-26)18-13-32-35(14-18)19-5-7-29-8-6-19)27-33-21-3-4-23(36)24(25(21)37-27)15-1-2-16-12-31-34-22(16)10-15;2*3-2(4,5)1(6)7/h1-4,9-14,19,29,36H,5-8H2,(H2,28,30)(H,31,34);2*(H,6,7). The van der Waals surface area contributed by atoms with E-state index in [0.29, 0.717) is 40.0 Å². The van der Waals surface area contributed by atoms with E-state index in [1.807, 2.05) is 35.1 Å². The fraction of sp³-hybridized carbons (Fsp3) is 0.226. The maximum Gasteiger partial charge on any atom is 0.490 e. The Kier molecular flexibility index (Phi) is 10.2. The molecule has 7 N–H and O–H groups in total. The number of aromatic hydroxyl groups is 1. The van der Waals surface area contributed by atoms with Gasteiger partial charge in [0.1, 0.15) is 17.1 Å². The Morgan fingerprint density at radius 1 is 0.902 bits per heavy atom. The van der Waals surface area contributed by atoms with Gasteiger partial charge in [-0.3, -0.25) is 9.78 Å². The number of piperidine rings is 1. The summed E-state index contributed by atoms with van der Waals surface area (Å²) in [6.45, 7) is 2.00. The largest absolute Gasteiger partial charge is 0.507 e. The number of nitrogens with zero attached hydrogens (tertiary/aromatic N) is 5. The lowest BCUT2D eigenvalue weighted by atomic mass is 10.0. The molecule has 0 saturated carbocycles. The first-order valence-electron chi connectivity index (χ1n) is 14.7. The van der Waals surface area contributed by atoms with Gasteiger partial charge in [0.05, 0.1) is 35.1 Å². The van der Waals surface area contributed by atoms with Crippen LogP contribution in [0.3, 0.4) is 0 Å². The number of alkyl halides is 6. The highest BCUT2D eigenvalue weighted by atomic mass is 19.4. The van der Waals surface area contributed by atoms with Gasteiger partial charge in [0.25, 0.3) is 0 Å². The van der Waals surface area contributed by atoms with Crippen molar-refractivity contribution in [3.63, 3.8) is 0 Å². The molecule has 0 radical (unpaired) electrons. The van der Waals surface area contributed by atoms with Crippen molar-refractivity contribution in [1.29, 1.82) is 0 Å². The molecular weight excluding hydrogens is 694 g/mol. The van der Waals surface area contributed by atoms with Crippen LogP contribution in [0.5, 0.6) is 5.75 Å². The Morgan fingerprint density at radius 2 is 1.57 bits per heavy atom. The van der Waals surface area contributed by atoms with Crippen LogP contribution in [0, 0.1) is 0 Å². The predicted molar refractivity (Wildman–Crippen MR) is 168 cm³/mol. The number of oxazole rings is 1. The average Bonchev–Trinajstić information content (AvgIpc) is 3.85. The maximum absolute atomic E-state index is 10.8. The number of H-pyrrole nitrogens is 1. The van der Waals surface area contributed by atoms with E-state index in [1.54, 1.807) is 24.5 Å². The fourth-order valence-corrected chi connectivity index (χ4v) is 5.03. The zero-order valence-electron chi connectivity index (χ0n) is 25.8. The van der Waals surface area contributed by atoms with Crippen molar-refractivity contribution in [3.8, 4) is 39.5 Å². The second-order valence-corrected chi connectivity index (χ2v) is 11.0. The number of carboxylic acids is 2. The first-order valence-corrected chi connectivity index (χ1v) is 14.7. The number of fused-ring (bicyclic) bond motifs is 2. The van der Waals surface area contributed by atoms with Gasteiger partial charge in [0.15, 0.2) is 5.58 Å². The van der Waals surface area contributed by atoms with Gasteiger partial charge >= 0.3 is 24.3 Å². The summed E-state index contributed by atoms with van der Waals surface area (Å²) in [6.07, 6.45) is -0.657. The molecule has 7 rings (SSSR count). The molecule has 6 aromatic rings. The third-order valence-electron chi connectivity index (χ3n) is 7.52. The third kappa shape index (κ3) is 8.35. The number of nitrogens with one attached hydrogen (secondary N) is 2. The highest BCUT2D eigenvalue weighted by molar-refractivity contribution is 5.97. The van der Waals surface area contributed by atoms with Crippen LogP contribution in [0.4, 0.5) is 32.2 Å². The minimum absolute atomic E-state index is 0.0965. The number of rotatable bonds is 4. The van der Waals surface area contributed by atoms with E-state index in [1.165, 1.54) is 0 Å². The number of carboxylic acid groups (broad SMARTS) is 2. The first kappa shape index (κ1) is 36.1. The molecule has 0 unspecified atom stereocenters. The van der Waals surface area contributed by atoms with E-state index in [-0.39, 0.29) is 5.75 Å². The number of nitrogens with two attached hydrogens (primary N) is 1. The lowest BCUT2D eigenvalue weighted by Gasteiger charge is -2.22. The van der Waals surface area contributed by atoms with E-state index in [2.05, 4.69) is 31.8 Å². The molecule has 4 aromatic heterocycles. The second kappa shape index (κ2) is 14.4. The van der Waals surface area contributed by atoms with Crippen LogP contribution in [0.1, 0.15) is 18.9 Å². The van der Waals surface area contributed by atoms with E-state index >= 15 is 0 Å². The van der Waals surface area contributed by atoms with E-state index < -0.39 is 24.3 Å². The molecule has 1 saturated heterocycles. The summed E-state index contributed by atoms with van der Waals surface area (Å²) < 4.78 is 71.8. The number of aliphatic carboxylic acids is 2. The number of carbonyl (C=O) groups is 2. The normalized spacial score (nSPS) is 13.7. The summed E-state index contributed by atoms with van der Waals surface area (Å²) in [7, 11) is 0. The second-order valence-electron chi connectivity index (χ2n) is 11.0. The first-order chi connectivity index (χ1) is 24.0. The van der Waals surface area contributed by atoms with Gasteiger partial charge in [-0.05, 0) is 55.8 Å². The number of hydrogen-bond donors (Lipinski definition) is 6. The third-order valence-corrected chi connectivity index (χ3v) is 7.52. The summed E-state index contributed by atoms with van der Waals surface area (Å²) in [5, 5.41) is 41.0. The summed E-state index contributed by atoms with van der Waals surface area (Å²) in [5.74, 6) is -4.77. The zero-order chi connectivity index (χ0) is 37.1. The lowest BCUT2D eigenvalue weighted by molar-refractivity contribution is -0.193. The van der Waals surface area contributed by atoms with Crippen molar-refractivity contribution in [2.45, 2.75) is 31.2 Å². The maximum atomic E-state index is 10.8. The predicted octanol–water partition coefficient (Wildman–Crippen LogP) is 5.78. The van der Waals surface area contributed by atoms with Crippen LogP contribution in [0.25, 0.3) is 55.7 Å². The smallest absolute Gasteiger partial charge is 0.490 e. The summed E-state index contributed by atoms with van der Waals surface area (Å²) in [6, 6.07) is 11.5.